The van der Waals surface area contributed by atoms with Crippen LogP contribution < -0.4 is 5.46 Å². The van der Waals surface area contributed by atoms with Crippen molar-refractivity contribution >= 4 is 24.4 Å². The molecule has 0 N–H and O–H groups in total. The van der Waals surface area contributed by atoms with Crippen LogP contribution in [-0.4, -0.2) is 12.8 Å². The molecule has 3 heteroatoms. The number of para-hydroxylation sites is 2. The van der Waals surface area contributed by atoms with E-state index in [4.69, 9.17) is 12.3 Å². The predicted octanol–water partition coefficient (Wildman–Crippen LogP) is 3.96. The molecule has 1 heterocycles. The quantitative estimate of drug-likeness (QED) is 0.520. The molecular weight excluding hydrogens is 269 g/mol. The third kappa shape index (κ3) is 2.31. The Kier molecular flexibility index (Phi) is 3.04. The molecule has 0 aliphatic heterocycles. The van der Waals surface area contributed by atoms with Gasteiger partial charge in [-0.1, -0.05) is 54.0 Å². The zero-order valence-corrected chi connectivity index (χ0v) is 11.9. The predicted molar refractivity (Wildman–Crippen MR) is 90.3 cm³/mol. The van der Waals surface area contributed by atoms with Crippen LogP contribution in [0.4, 0.5) is 0 Å². The molecule has 0 saturated carbocycles. The first kappa shape index (κ1) is 12.9. The standard InChI is InChI=1S/C19H12BNO/c20-16-11-9-14(10-12-16)13-5-7-15(8-6-13)19-21-17-3-1-2-4-18(17)22-19/h1-12H. The van der Waals surface area contributed by atoms with E-state index in [1.165, 1.54) is 0 Å². The summed E-state index contributed by atoms with van der Waals surface area (Å²) in [5.41, 5.74) is 5.70. The van der Waals surface area contributed by atoms with Crippen molar-refractivity contribution in [3.05, 3.63) is 72.8 Å². The number of oxazole rings is 1. The van der Waals surface area contributed by atoms with E-state index in [0.717, 1.165) is 33.3 Å². The normalized spacial score (nSPS) is 10.9. The van der Waals surface area contributed by atoms with Gasteiger partial charge >= 0.3 is 0 Å². The Labute approximate surface area is 129 Å². The van der Waals surface area contributed by atoms with Gasteiger partial charge in [-0.15, -0.1) is 0 Å². The molecule has 3 aromatic carbocycles. The van der Waals surface area contributed by atoms with Crippen molar-refractivity contribution in [3.8, 4) is 22.6 Å². The number of fused-ring (bicyclic) bond motifs is 1. The van der Waals surface area contributed by atoms with Crippen LogP contribution >= 0.6 is 0 Å². The summed E-state index contributed by atoms with van der Waals surface area (Å²) in [6.45, 7) is 0. The molecular formula is C19H12BNO. The summed E-state index contributed by atoms with van der Waals surface area (Å²) >= 11 is 0. The Bertz CT molecular complexity index is 891. The smallest absolute Gasteiger partial charge is 0.227 e. The summed E-state index contributed by atoms with van der Waals surface area (Å²) in [6, 6.07) is 23.8. The molecule has 102 valence electrons. The second-order valence-electron chi connectivity index (χ2n) is 5.19. The molecule has 4 rings (SSSR count). The summed E-state index contributed by atoms with van der Waals surface area (Å²) in [4.78, 5) is 4.51. The lowest BCUT2D eigenvalue weighted by Crippen LogP contribution is -1.99. The highest BCUT2D eigenvalue weighted by Crippen LogP contribution is 2.26. The Morgan fingerprint density at radius 1 is 0.682 bits per heavy atom. The first-order chi connectivity index (χ1) is 10.8. The van der Waals surface area contributed by atoms with Crippen molar-refractivity contribution in [1.29, 1.82) is 0 Å². The van der Waals surface area contributed by atoms with E-state index >= 15 is 0 Å². The van der Waals surface area contributed by atoms with Gasteiger partial charge in [-0.2, -0.15) is 0 Å². The van der Waals surface area contributed by atoms with Crippen LogP contribution in [0.5, 0.6) is 0 Å². The van der Waals surface area contributed by atoms with Gasteiger partial charge in [0, 0.05) is 5.56 Å². The van der Waals surface area contributed by atoms with E-state index in [0.29, 0.717) is 5.89 Å². The minimum Gasteiger partial charge on any atom is -0.436 e. The molecule has 0 saturated heterocycles. The Balaban J connectivity index is 1.70. The number of nitrogens with zero attached hydrogens (tertiary/aromatic N) is 1. The van der Waals surface area contributed by atoms with Crippen molar-refractivity contribution in [2.24, 2.45) is 0 Å². The molecule has 2 radical (unpaired) electrons. The van der Waals surface area contributed by atoms with E-state index in [1.807, 2.05) is 60.7 Å². The van der Waals surface area contributed by atoms with E-state index < -0.39 is 0 Å². The fourth-order valence-electron chi connectivity index (χ4n) is 2.48. The lowest BCUT2D eigenvalue weighted by atomic mass is 9.93. The lowest BCUT2D eigenvalue weighted by Gasteiger charge is -2.03. The van der Waals surface area contributed by atoms with E-state index in [9.17, 15) is 0 Å². The van der Waals surface area contributed by atoms with Crippen LogP contribution in [0.3, 0.4) is 0 Å². The summed E-state index contributed by atoms with van der Waals surface area (Å²) in [5.74, 6) is 0.644. The zero-order valence-electron chi connectivity index (χ0n) is 11.9. The molecule has 0 unspecified atom stereocenters. The molecule has 0 atom stereocenters. The topological polar surface area (TPSA) is 26.0 Å². The average Bonchev–Trinajstić information content (AvgIpc) is 3.00. The van der Waals surface area contributed by atoms with E-state index in [2.05, 4.69) is 17.1 Å². The van der Waals surface area contributed by atoms with Gasteiger partial charge in [0.2, 0.25) is 5.89 Å². The average molecular weight is 281 g/mol. The van der Waals surface area contributed by atoms with Crippen molar-refractivity contribution in [1.82, 2.24) is 4.98 Å². The molecule has 0 aliphatic rings. The highest BCUT2D eigenvalue weighted by Gasteiger charge is 2.07. The summed E-state index contributed by atoms with van der Waals surface area (Å²) in [7, 11) is 5.72. The van der Waals surface area contributed by atoms with Crippen LogP contribution in [0, 0.1) is 0 Å². The third-order valence-electron chi connectivity index (χ3n) is 3.67. The minimum absolute atomic E-state index is 0.644. The maximum atomic E-state index is 5.79. The largest absolute Gasteiger partial charge is 0.436 e. The van der Waals surface area contributed by atoms with Gasteiger partial charge < -0.3 is 4.42 Å². The van der Waals surface area contributed by atoms with Gasteiger partial charge in [-0.25, -0.2) is 4.98 Å². The van der Waals surface area contributed by atoms with Gasteiger partial charge in [-0.3, -0.25) is 0 Å². The second kappa shape index (κ2) is 5.19. The first-order valence-corrected chi connectivity index (χ1v) is 7.11. The minimum atomic E-state index is 0.644. The molecule has 0 amide bonds. The fourth-order valence-corrected chi connectivity index (χ4v) is 2.48. The Morgan fingerprint density at radius 2 is 1.27 bits per heavy atom. The molecule has 2 nitrogen and oxygen atoms in total. The molecule has 0 spiro atoms. The number of rotatable bonds is 2. The van der Waals surface area contributed by atoms with Crippen molar-refractivity contribution in [3.63, 3.8) is 0 Å². The van der Waals surface area contributed by atoms with Gasteiger partial charge in [0.05, 0.1) is 0 Å². The summed E-state index contributed by atoms with van der Waals surface area (Å²) in [5, 5.41) is 0. The monoisotopic (exact) mass is 281 g/mol. The summed E-state index contributed by atoms with van der Waals surface area (Å²) < 4.78 is 5.79. The van der Waals surface area contributed by atoms with Crippen molar-refractivity contribution in [2.45, 2.75) is 0 Å². The maximum Gasteiger partial charge on any atom is 0.227 e. The third-order valence-corrected chi connectivity index (χ3v) is 3.67. The maximum absolute atomic E-state index is 5.79. The Morgan fingerprint density at radius 3 is 1.95 bits per heavy atom. The molecule has 22 heavy (non-hydrogen) atoms. The van der Waals surface area contributed by atoms with Gasteiger partial charge in [-0.05, 0) is 35.4 Å². The first-order valence-electron chi connectivity index (χ1n) is 7.11. The van der Waals surface area contributed by atoms with Crippen LogP contribution in [-0.2, 0) is 0 Å². The second-order valence-corrected chi connectivity index (χ2v) is 5.19. The number of aromatic nitrogens is 1. The molecule has 0 bridgehead atoms. The Hall–Kier alpha value is -2.81. The molecule has 4 aromatic rings. The van der Waals surface area contributed by atoms with Crippen LogP contribution in [0.15, 0.2) is 77.2 Å². The fraction of sp³-hybridized carbons (Fsp3) is 0. The van der Waals surface area contributed by atoms with Crippen LogP contribution in [0.1, 0.15) is 0 Å². The van der Waals surface area contributed by atoms with Gasteiger partial charge in [0.1, 0.15) is 13.4 Å². The lowest BCUT2D eigenvalue weighted by molar-refractivity contribution is 0.620. The number of hydrogen-bond donors (Lipinski definition) is 0. The SMILES string of the molecule is [B]c1ccc(-c2ccc(-c3nc4ccccc4o3)cc2)cc1. The molecule has 0 fully saturated rings. The number of hydrogen-bond acceptors (Lipinski definition) is 2. The van der Waals surface area contributed by atoms with Crippen LogP contribution in [0.25, 0.3) is 33.7 Å². The van der Waals surface area contributed by atoms with Crippen molar-refractivity contribution < 1.29 is 4.42 Å². The number of benzene rings is 3. The highest BCUT2D eigenvalue weighted by atomic mass is 16.3. The van der Waals surface area contributed by atoms with Gasteiger partial charge in [0.25, 0.3) is 0 Å². The zero-order chi connectivity index (χ0) is 14.9. The summed E-state index contributed by atoms with van der Waals surface area (Å²) in [6.07, 6.45) is 0. The highest BCUT2D eigenvalue weighted by molar-refractivity contribution is 6.32. The van der Waals surface area contributed by atoms with E-state index in [-0.39, 0.29) is 0 Å². The van der Waals surface area contributed by atoms with Gasteiger partial charge in [0.15, 0.2) is 5.58 Å². The molecule has 0 aliphatic carbocycles. The van der Waals surface area contributed by atoms with Crippen LogP contribution in [0.2, 0.25) is 0 Å². The van der Waals surface area contributed by atoms with E-state index in [1.54, 1.807) is 0 Å². The molecule has 1 aromatic heterocycles. The van der Waals surface area contributed by atoms with Crippen molar-refractivity contribution in [2.75, 3.05) is 0 Å².